The maximum absolute atomic E-state index is 13.6. The molecule has 0 spiro atoms. The highest BCUT2D eigenvalue weighted by atomic mass is 32.1. The summed E-state index contributed by atoms with van der Waals surface area (Å²) in [7, 11) is 1.55. The van der Waals surface area contributed by atoms with Gasteiger partial charge in [-0.25, -0.2) is 0 Å². The Balaban J connectivity index is 1.49. The number of carbonyl (C=O) groups is 1. The fourth-order valence-electron chi connectivity index (χ4n) is 4.58. The molecule has 0 aliphatic carbocycles. The number of rotatable bonds is 6. The number of amides is 1. The fourth-order valence-corrected chi connectivity index (χ4v) is 4.99. The molecule has 7 nitrogen and oxygen atoms in total. The first-order valence-corrected chi connectivity index (χ1v) is 11.4. The van der Waals surface area contributed by atoms with E-state index >= 15 is 0 Å². The molecule has 1 saturated heterocycles. The van der Waals surface area contributed by atoms with Gasteiger partial charge in [-0.2, -0.15) is 5.26 Å². The molecule has 8 heteroatoms. The zero-order chi connectivity index (χ0) is 24.5. The minimum Gasteiger partial charge on any atom is -0.493 e. The molecule has 5 rings (SSSR count). The van der Waals surface area contributed by atoms with Crippen LogP contribution in [-0.2, 0) is 11.4 Å². The number of anilines is 1. The minimum absolute atomic E-state index is 0.197. The number of hydrogen-bond acceptors (Lipinski definition) is 6. The van der Waals surface area contributed by atoms with E-state index in [0.717, 1.165) is 5.56 Å². The molecule has 2 aliphatic heterocycles. The van der Waals surface area contributed by atoms with Gasteiger partial charge in [0.05, 0.1) is 30.4 Å². The van der Waals surface area contributed by atoms with Crippen molar-refractivity contribution in [2.24, 2.45) is 5.73 Å². The van der Waals surface area contributed by atoms with Crippen LogP contribution in [0.3, 0.4) is 0 Å². The number of thiocarbonyl (C=S) groups is 1. The average molecular weight is 483 g/mol. The number of benzene rings is 3. The van der Waals surface area contributed by atoms with E-state index in [1.165, 1.54) is 4.90 Å². The Labute approximate surface area is 208 Å². The van der Waals surface area contributed by atoms with Gasteiger partial charge in [0.15, 0.2) is 16.6 Å². The van der Waals surface area contributed by atoms with Gasteiger partial charge in [0, 0.05) is 0 Å². The maximum Gasteiger partial charge on any atom is 0.257 e. The molecule has 0 aromatic heterocycles. The van der Waals surface area contributed by atoms with Crippen LogP contribution in [0.15, 0.2) is 90.3 Å². The lowest BCUT2D eigenvalue weighted by Gasteiger charge is -2.21. The summed E-state index contributed by atoms with van der Waals surface area (Å²) in [4.78, 5) is 16.7. The van der Waals surface area contributed by atoms with Crippen molar-refractivity contribution in [1.29, 1.82) is 5.26 Å². The van der Waals surface area contributed by atoms with Crippen LogP contribution in [0.5, 0.6) is 11.5 Å². The Morgan fingerprint density at radius 2 is 1.71 bits per heavy atom. The molecule has 35 heavy (non-hydrogen) atoms. The van der Waals surface area contributed by atoms with Crippen molar-refractivity contribution < 1.29 is 14.3 Å². The first-order chi connectivity index (χ1) is 17.0. The maximum atomic E-state index is 13.6. The second-order valence-corrected chi connectivity index (χ2v) is 8.54. The predicted molar refractivity (Wildman–Crippen MR) is 135 cm³/mol. The molecular weight excluding hydrogens is 460 g/mol. The number of para-hydroxylation sites is 1. The highest BCUT2D eigenvalue weighted by molar-refractivity contribution is 7.80. The topological polar surface area (TPSA) is 91.8 Å². The molecule has 1 amide bonds. The van der Waals surface area contributed by atoms with Crippen molar-refractivity contribution in [3.63, 3.8) is 0 Å². The standard InChI is InChI=1S/C27H22N4O3S/c1-33-22-14-18(12-13-21(22)34-16-17-8-4-2-5-9-17)23-20(15-28)25(29)31-24(23)26(32)30(27(31)35)19-10-6-3-7-11-19/h2-14,23-24H,16,29H2,1H3. The van der Waals surface area contributed by atoms with Gasteiger partial charge < -0.3 is 15.2 Å². The van der Waals surface area contributed by atoms with Crippen molar-refractivity contribution >= 4 is 28.9 Å². The Morgan fingerprint density at radius 3 is 2.37 bits per heavy atom. The quantitative estimate of drug-likeness (QED) is 0.530. The van der Waals surface area contributed by atoms with Gasteiger partial charge in [0.25, 0.3) is 5.91 Å². The summed E-state index contributed by atoms with van der Waals surface area (Å²) < 4.78 is 11.6. The minimum atomic E-state index is -0.752. The van der Waals surface area contributed by atoms with Gasteiger partial charge in [0.2, 0.25) is 0 Å². The van der Waals surface area contributed by atoms with Gasteiger partial charge in [-0.15, -0.1) is 0 Å². The average Bonchev–Trinajstić information content (AvgIpc) is 3.34. The highest BCUT2D eigenvalue weighted by Crippen LogP contribution is 2.46. The summed E-state index contributed by atoms with van der Waals surface area (Å²) in [5.74, 6) is 0.423. The molecule has 174 valence electrons. The molecule has 2 unspecified atom stereocenters. The molecule has 0 radical (unpaired) electrons. The van der Waals surface area contributed by atoms with E-state index in [1.807, 2.05) is 66.7 Å². The van der Waals surface area contributed by atoms with Crippen LogP contribution in [0.4, 0.5) is 5.69 Å². The van der Waals surface area contributed by atoms with E-state index in [9.17, 15) is 10.1 Å². The number of hydrogen-bond donors (Lipinski definition) is 1. The summed E-state index contributed by atoms with van der Waals surface area (Å²) in [6.45, 7) is 0.380. The van der Waals surface area contributed by atoms with Crippen molar-refractivity contribution in [2.45, 2.75) is 18.6 Å². The normalized spacial score (nSPS) is 19.1. The summed E-state index contributed by atoms with van der Waals surface area (Å²) in [6.07, 6.45) is 0. The number of carbonyl (C=O) groups excluding carboxylic acids is 1. The zero-order valence-electron chi connectivity index (χ0n) is 18.9. The molecule has 2 aliphatic rings. The highest BCUT2D eigenvalue weighted by Gasteiger charge is 2.55. The number of nitriles is 1. The van der Waals surface area contributed by atoms with Gasteiger partial charge in [-0.3, -0.25) is 14.6 Å². The third-order valence-corrected chi connectivity index (χ3v) is 6.61. The summed E-state index contributed by atoms with van der Waals surface area (Å²) in [6, 6.07) is 25.8. The monoisotopic (exact) mass is 482 g/mol. The molecule has 1 fully saturated rings. The fraction of sp³-hybridized carbons (Fsp3) is 0.148. The summed E-state index contributed by atoms with van der Waals surface area (Å²) in [5.41, 5.74) is 9.07. The molecule has 3 aromatic rings. The first kappa shape index (κ1) is 22.4. The van der Waals surface area contributed by atoms with Crippen molar-refractivity contribution in [3.05, 3.63) is 101 Å². The second kappa shape index (κ2) is 9.12. The molecule has 2 N–H and O–H groups in total. The van der Waals surface area contributed by atoms with Crippen LogP contribution in [0, 0.1) is 11.3 Å². The number of fused-ring (bicyclic) bond motifs is 1. The lowest BCUT2D eigenvalue weighted by molar-refractivity contribution is -0.119. The van der Waals surface area contributed by atoms with E-state index in [2.05, 4.69) is 6.07 Å². The van der Waals surface area contributed by atoms with E-state index in [-0.39, 0.29) is 16.8 Å². The second-order valence-electron chi connectivity index (χ2n) is 8.18. The Morgan fingerprint density at radius 1 is 1.03 bits per heavy atom. The van der Waals surface area contributed by atoms with E-state index < -0.39 is 12.0 Å². The smallest absolute Gasteiger partial charge is 0.257 e. The number of nitrogens with two attached hydrogens (primary N) is 1. The molecule has 2 atom stereocenters. The molecular formula is C27H22N4O3S. The van der Waals surface area contributed by atoms with Gasteiger partial charge in [-0.1, -0.05) is 54.6 Å². The van der Waals surface area contributed by atoms with Crippen LogP contribution in [-0.4, -0.2) is 29.1 Å². The number of methoxy groups -OCH3 is 1. The van der Waals surface area contributed by atoms with Crippen molar-refractivity contribution in [3.8, 4) is 17.6 Å². The first-order valence-electron chi connectivity index (χ1n) is 11.0. The van der Waals surface area contributed by atoms with Crippen molar-refractivity contribution in [1.82, 2.24) is 4.90 Å². The van der Waals surface area contributed by atoms with Crippen LogP contribution >= 0.6 is 12.2 Å². The Kier molecular flexibility index (Phi) is 5.85. The van der Waals surface area contributed by atoms with Crippen LogP contribution in [0.25, 0.3) is 0 Å². The molecule has 2 heterocycles. The van der Waals surface area contributed by atoms with Crippen LogP contribution in [0.2, 0.25) is 0 Å². The van der Waals surface area contributed by atoms with Gasteiger partial charge in [-0.05, 0) is 47.6 Å². The Bertz CT molecular complexity index is 1370. The summed E-state index contributed by atoms with van der Waals surface area (Å²) in [5, 5.41) is 10.2. The summed E-state index contributed by atoms with van der Waals surface area (Å²) >= 11 is 5.63. The van der Waals surface area contributed by atoms with E-state index in [0.29, 0.717) is 34.9 Å². The SMILES string of the molecule is COc1cc(C2C(C#N)=C(N)N3C(=S)N(c4ccccc4)C(=O)C23)ccc1OCc1ccccc1. The van der Waals surface area contributed by atoms with E-state index in [4.69, 9.17) is 27.4 Å². The molecule has 3 aromatic carbocycles. The third kappa shape index (κ3) is 3.76. The lowest BCUT2D eigenvalue weighted by Crippen LogP contribution is -2.35. The van der Waals surface area contributed by atoms with Gasteiger partial charge >= 0.3 is 0 Å². The number of nitrogens with zero attached hydrogens (tertiary/aromatic N) is 3. The predicted octanol–water partition coefficient (Wildman–Crippen LogP) is 4.07. The molecule has 0 saturated carbocycles. The van der Waals surface area contributed by atoms with Gasteiger partial charge in [0.1, 0.15) is 18.5 Å². The van der Waals surface area contributed by atoms with E-state index in [1.54, 1.807) is 24.1 Å². The van der Waals surface area contributed by atoms with Crippen molar-refractivity contribution in [2.75, 3.05) is 12.0 Å². The Hall–Kier alpha value is -4.35. The van der Waals surface area contributed by atoms with Crippen LogP contribution < -0.4 is 20.1 Å². The third-order valence-electron chi connectivity index (χ3n) is 6.23. The lowest BCUT2D eigenvalue weighted by atomic mass is 9.87. The zero-order valence-corrected chi connectivity index (χ0v) is 19.7. The van der Waals surface area contributed by atoms with Crippen LogP contribution in [0.1, 0.15) is 17.0 Å². The number of ether oxygens (including phenoxy) is 2. The molecule has 0 bridgehead atoms. The largest absolute Gasteiger partial charge is 0.493 e.